The summed E-state index contributed by atoms with van der Waals surface area (Å²) < 4.78 is 10.3. The van der Waals surface area contributed by atoms with Crippen LogP contribution >= 0.6 is 0 Å². The summed E-state index contributed by atoms with van der Waals surface area (Å²) >= 11 is 0. The maximum Gasteiger partial charge on any atom is 0.331 e. The highest BCUT2D eigenvalue weighted by atomic mass is 16.5. The fraction of sp³-hybridized carbons (Fsp3) is 0.476. The van der Waals surface area contributed by atoms with Gasteiger partial charge in [-0.1, -0.05) is 38.0 Å². The van der Waals surface area contributed by atoms with Crippen molar-refractivity contribution < 1.29 is 23.9 Å². The lowest BCUT2D eigenvalue weighted by Crippen LogP contribution is -2.48. The average molecular weight is 388 g/mol. The summed E-state index contributed by atoms with van der Waals surface area (Å²) in [5, 5.41) is 5.01. The van der Waals surface area contributed by atoms with E-state index in [1.54, 1.807) is 18.2 Å². The number of carbonyl (C=O) groups is 3. The number of para-hydroxylation sites is 1. The number of benzene rings is 1. The fourth-order valence-electron chi connectivity index (χ4n) is 3.15. The van der Waals surface area contributed by atoms with E-state index in [0.29, 0.717) is 18.3 Å². The first-order valence-corrected chi connectivity index (χ1v) is 9.66. The minimum absolute atomic E-state index is 0.0671. The van der Waals surface area contributed by atoms with Crippen LogP contribution < -0.4 is 15.4 Å². The second kappa shape index (κ2) is 11.1. The van der Waals surface area contributed by atoms with Crippen molar-refractivity contribution in [3.63, 3.8) is 0 Å². The summed E-state index contributed by atoms with van der Waals surface area (Å²) in [7, 11) is 0. The van der Waals surface area contributed by atoms with E-state index in [2.05, 4.69) is 17.6 Å². The van der Waals surface area contributed by atoms with Gasteiger partial charge in [0.25, 0.3) is 5.91 Å². The van der Waals surface area contributed by atoms with Crippen LogP contribution in [0.25, 0.3) is 6.08 Å². The van der Waals surface area contributed by atoms with Crippen LogP contribution in [0.15, 0.2) is 30.3 Å². The highest BCUT2D eigenvalue weighted by Crippen LogP contribution is 2.23. The van der Waals surface area contributed by atoms with Gasteiger partial charge in [0, 0.05) is 17.7 Å². The van der Waals surface area contributed by atoms with E-state index in [1.165, 1.54) is 12.5 Å². The molecule has 0 radical (unpaired) electrons. The van der Waals surface area contributed by atoms with Gasteiger partial charge in [0.2, 0.25) is 0 Å². The van der Waals surface area contributed by atoms with Crippen molar-refractivity contribution in [3.05, 3.63) is 35.9 Å². The fourth-order valence-corrected chi connectivity index (χ4v) is 3.15. The Morgan fingerprint density at radius 1 is 1.18 bits per heavy atom. The highest BCUT2D eigenvalue weighted by molar-refractivity contribution is 5.96. The number of ether oxygens (including phenoxy) is 2. The van der Waals surface area contributed by atoms with E-state index in [9.17, 15) is 14.4 Å². The Morgan fingerprint density at radius 3 is 2.68 bits per heavy atom. The van der Waals surface area contributed by atoms with Crippen molar-refractivity contribution in [1.82, 2.24) is 10.6 Å². The molecular formula is C21H28N2O5. The zero-order valence-electron chi connectivity index (χ0n) is 16.4. The monoisotopic (exact) mass is 388 g/mol. The first-order chi connectivity index (χ1) is 13.5. The maximum atomic E-state index is 11.9. The van der Waals surface area contributed by atoms with E-state index in [1.807, 2.05) is 19.1 Å². The van der Waals surface area contributed by atoms with Crippen LogP contribution in [0.4, 0.5) is 4.79 Å². The largest absolute Gasteiger partial charge is 0.493 e. The van der Waals surface area contributed by atoms with Crippen molar-refractivity contribution in [2.24, 2.45) is 5.92 Å². The molecule has 0 unspecified atom stereocenters. The minimum Gasteiger partial charge on any atom is -0.493 e. The molecule has 7 nitrogen and oxygen atoms in total. The number of nitrogens with one attached hydrogen (secondary N) is 2. The van der Waals surface area contributed by atoms with E-state index in [4.69, 9.17) is 9.47 Å². The van der Waals surface area contributed by atoms with E-state index >= 15 is 0 Å². The van der Waals surface area contributed by atoms with Crippen molar-refractivity contribution in [2.75, 3.05) is 13.2 Å². The molecule has 1 aromatic rings. The summed E-state index contributed by atoms with van der Waals surface area (Å²) in [6.07, 6.45) is 6.98. The van der Waals surface area contributed by atoms with Crippen molar-refractivity contribution >= 4 is 24.0 Å². The molecule has 2 atom stereocenters. The first-order valence-electron chi connectivity index (χ1n) is 9.66. The molecule has 1 aliphatic rings. The number of carbonyl (C=O) groups excluding carboxylic acids is 3. The van der Waals surface area contributed by atoms with Gasteiger partial charge >= 0.3 is 12.0 Å². The predicted molar refractivity (Wildman–Crippen MR) is 106 cm³/mol. The number of hydrogen-bond donors (Lipinski definition) is 2. The van der Waals surface area contributed by atoms with Gasteiger partial charge in [-0.25, -0.2) is 9.59 Å². The van der Waals surface area contributed by atoms with Crippen LogP contribution in [0.5, 0.6) is 5.75 Å². The number of amides is 3. The molecule has 0 saturated heterocycles. The molecule has 28 heavy (non-hydrogen) atoms. The molecule has 0 bridgehead atoms. The number of hydrogen-bond acceptors (Lipinski definition) is 5. The molecule has 1 fully saturated rings. The predicted octanol–water partition coefficient (Wildman–Crippen LogP) is 3.05. The van der Waals surface area contributed by atoms with Crippen LogP contribution in [-0.4, -0.2) is 37.2 Å². The summed E-state index contributed by atoms with van der Waals surface area (Å²) in [6, 6.07) is 6.78. The molecule has 3 amide bonds. The standard InChI is InChI=1S/C21H28N2O5/c1-3-27-18-11-7-5-9-16(18)12-13-20(25)28-14-19(24)23-21(26)22-17-10-6-4-8-15(17)2/h5,7,9,11-13,15,17H,3-4,6,8,10,14H2,1-2H3,(H2,22,23,24,26)/b13-12+/t15-,17+/m1/s1. The Hall–Kier alpha value is -2.83. The lowest BCUT2D eigenvalue weighted by molar-refractivity contribution is -0.143. The van der Waals surface area contributed by atoms with E-state index < -0.39 is 24.5 Å². The lowest BCUT2D eigenvalue weighted by atomic mass is 9.86. The van der Waals surface area contributed by atoms with Crippen LogP contribution in [0.2, 0.25) is 0 Å². The molecular weight excluding hydrogens is 360 g/mol. The molecule has 0 heterocycles. The minimum atomic E-state index is -0.678. The zero-order valence-corrected chi connectivity index (χ0v) is 16.4. The number of rotatable bonds is 7. The second-order valence-electron chi connectivity index (χ2n) is 6.80. The molecule has 2 N–H and O–H groups in total. The van der Waals surface area contributed by atoms with Crippen LogP contribution in [0.3, 0.4) is 0 Å². The summed E-state index contributed by atoms with van der Waals surface area (Å²) in [6.45, 7) is 3.95. The maximum absolute atomic E-state index is 11.9. The van der Waals surface area contributed by atoms with E-state index in [0.717, 1.165) is 24.8 Å². The van der Waals surface area contributed by atoms with Crippen molar-refractivity contribution in [1.29, 1.82) is 0 Å². The Morgan fingerprint density at radius 2 is 1.93 bits per heavy atom. The van der Waals surface area contributed by atoms with Gasteiger partial charge < -0.3 is 14.8 Å². The van der Waals surface area contributed by atoms with Gasteiger partial charge in [-0.2, -0.15) is 0 Å². The van der Waals surface area contributed by atoms with Gasteiger partial charge in [-0.05, 0) is 37.8 Å². The van der Waals surface area contributed by atoms with E-state index in [-0.39, 0.29) is 6.04 Å². The topological polar surface area (TPSA) is 93.7 Å². The number of imide groups is 1. The third kappa shape index (κ3) is 7.06. The van der Waals surface area contributed by atoms with Crippen LogP contribution in [0, 0.1) is 5.92 Å². The number of esters is 1. The molecule has 0 aliphatic heterocycles. The Bertz CT molecular complexity index is 717. The Kier molecular flexibility index (Phi) is 8.52. The molecule has 2 rings (SSSR count). The lowest BCUT2D eigenvalue weighted by Gasteiger charge is -2.29. The summed E-state index contributed by atoms with van der Waals surface area (Å²) in [5.41, 5.74) is 0.728. The normalized spacial score (nSPS) is 19.1. The molecule has 152 valence electrons. The van der Waals surface area contributed by atoms with Crippen molar-refractivity contribution in [2.45, 2.75) is 45.6 Å². The van der Waals surface area contributed by atoms with Crippen LogP contribution in [0.1, 0.15) is 45.1 Å². The van der Waals surface area contributed by atoms with Gasteiger partial charge in [-0.15, -0.1) is 0 Å². The number of urea groups is 1. The highest BCUT2D eigenvalue weighted by Gasteiger charge is 2.23. The third-order valence-corrected chi connectivity index (χ3v) is 4.64. The zero-order chi connectivity index (χ0) is 20.4. The average Bonchev–Trinajstić information content (AvgIpc) is 2.67. The SMILES string of the molecule is CCOc1ccccc1/C=C/C(=O)OCC(=O)NC(=O)N[C@H]1CCCC[C@H]1C. The van der Waals surface area contributed by atoms with Gasteiger partial charge in [0.1, 0.15) is 5.75 Å². The molecule has 1 saturated carbocycles. The third-order valence-electron chi connectivity index (χ3n) is 4.64. The molecule has 0 aromatic heterocycles. The van der Waals surface area contributed by atoms with Crippen LogP contribution in [-0.2, 0) is 14.3 Å². The first kappa shape index (κ1) is 21.5. The molecule has 1 aliphatic carbocycles. The molecule has 1 aromatic carbocycles. The van der Waals surface area contributed by atoms with Gasteiger partial charge in [-0.3, -0.25) is 10.1 Å². The summed E-state index contributed by atoms with van der Waals surface area (Å²) in [5.74, 6) is -0.308. The van der Waals surface area contributed by atoms with Gasteiger partial charge in [0.15, 0.2) is 6.61 Å². The molecule has 7 heteroatoms. The summed E-state index contributed by atoms with van der Waals surface area (Å²) in [4.78, 5) is 35.5. The van der Waals surface area contributed by atoms with Crippen molar-refractivity contribution in [3.8, 4) is 5.75 Å². The Labute approximate surface area is 165 Å². The molecule has 0 spiro atoms. The quantitative estimate of drug-likeness (QED) is 0.553. The smallest absolute Gasteiger partial charge is 0.331 e. The second-order valence-corrected chi connectivity index (χ2v) is 6.80. The van der Waals surface area contributed by atoms with Gasteiger partial charge in [0.05, 0.1) is 6.61 Å². The Balaban J connectivity index is 1.74.